The molecule has 0 saturated carbocycles. The highest BCUT2D eigenvalue weighted by Crippen LogP contribution is 2.29. The van der Waals surface area contributed by atoms with Gasteiger partial charge in [0.15, 0.2) is 0 Å². The molecule has 25 heavy (non-hydrogen) atoms. The quantitative estimate of drug-likeness (QED) is 0.873. The number of rotatable bonds is 5. The minimum absolute atomic E-state index is 0.145. The van der Waals surface area contributed by atoms with Crippen LogP contribution in [0.5, 0.6) is 0 Å². The average Bonchev–Trinajstić information content (AvgIpc) is 3.08. The van der Waals surface area contributed by atoms with Gasteiger partial charge in [0, 0.05) is 19.1 Å². The Hall–Kier alpha value is -2.64. The Morgan fingerprint density at radius 2 is 2.12 bits per heavy atom. The Morgan fingerprint density at radius 3 is 2.84 bits per heavy atom. The van der Waals surface area contributed by atoms with E-state index in [2.05, 4.69) is 25.6 Å². The third-order valence-electron chi connectivity index (χ3n) is 4.21. The Bertz CT molecular complexity index is 699. The molecule has 2 heterocycles. The molecule has 2 N–H and O–H groups in total. The zero-order chi connectivity index (χ0) is 17.6. The van der Waals surface area contributed by atoms with Gasteiger partial charge >= 0.3 is 6.03 Å². The first-order valence-electron chi connectivity index (χ1n) is 8.56. The van der Waals surface area contributed by atoms with Crippen molar-refractivity contribution in [2.24, 2.45) is 0 Å². The van der Waals surface area contributed by atoms with E-state index in [9.17, 15) is 9.18 Å². The molecule has 8 heteroatoms. The molecule has 0 bridgehead atoms. The molecule has 1 saturated heterocycles. The average molecular weight is 346 g/mol. The van der Waals surface area contributed by atoms with Crippen LogP contribution in [0, 0.1) is 5.82 Å². The van der Waals surface area contributed by atoms with Crippen LogP contribution in [0.2, 0.25) is 0 Å². The molecule has 1 atom stereocenters. The lowest BCUT2D eigenvalue weighted by molar-refractivity contribution is 0.247. The third kappa shape index (κ3) is 4.68. The second kappa shape index (κ2) is 7.96. The van der Waals surface area contributed by atoms with Crippen molar-refractivity contribution in [2.45, 2.75) is 38.8 Å². The number of carbonyl (C=O) groups excluding carboxylic acids is 1. The number of piperidine rings is 1. The van der Waals surface area contributed by atoms with E-state index in [1.54, 1.807) is 17.1 Å². The Balaban J connectivity index is 1.64. The minimum atomic E-state index is -0.369. The lowest BCUT2D eigenvalue weighted by atomic mass is 10.1. The fraction of sp³-hybridized carbons (Fsp3) is 0.471. The van der Waals surface area contributed by atoms with Crippen LogP contribution in [0.15, 0.2) is 30.9 Å². The predicted octanol–water partition coefficient (Wildman–Crippen LogP) is 2.62. The summed E-state index contributed by atoms with van der Waals surface area (Å²) in [6, 6.07) is 4.02. The van der Waals surface area contributed by atoms with Crippen molar-refractivity contribution in [3.05, 3.63) is 36.7 Å². The molecular weight excluding hydrogens is 323 g/mol. The molecule has 1 aliphatic heterocycles. The van der Waals surface area contributed by atoms with Crippen LogP contribution in [0.25, 0.3) is 0 Å². The number of hydrogen-bond acceptors (Lipinski definition) is 4. The summed E-state index contributed by atoms with van der Waals surface area (Å²) in [5.41, 5.74) is 1.35. The molecule has 0 unspecified atom stereocenters. The number of aromatic nitrogens is 3. The van der Waals surface area contributed by atoms with Crippen LogP contribution < -0.4 is 15.5 Å². The van der Waals surface area contributed by atoms with E-state index in [-0.39, 0.29) is 17.9 Å². The lowest BCUT2D eigenvalue weighted by Crippen LogP contribution is -2.39. The Morgan fingerprint density at radius 1 is 1.32 bits per heavy atom. The number of amides is 2. The first kappa shape index (κ1) is 17.2. The first-order chi connectivity index (χ1) is 12.1. The SMILES string of the molecule is C[C@H](Cn1cncn1)NC(=O)Nc1cc(F)ccc1N1CCCCC1. The van der Waals surface area contributed by atoms with Crippen LogP contribution in [-0.2, 0) is 6.54 Å². The van der Waals surface area contributed by atoms with Crippen molar-refractivity contribution in [2.75, 3.05) is 23.3 Å². The summed E-state index contributed by atoms with van der Waals surface area (Å²) in [6.45, 7) is 4.23. The molecule has 1 fully saturated rings. The van der Waals surface area contributed by atoms with E-state index in [0.717, 1.165) is 31.6 Å². The highest BCUT2D eigenvalue weighted by Gasteiger charge is 2.17. The first-order valence-corrected chi connectivity index (χ1v) is 8.56. The standard InChI is InChI=1S/C17H23FN6O/c1-13(10-24-12-19-11-20-24)21-17(25)22-15-9-14(18)5-6-16(15)23-7-3-2-4-8-23/h5-6,9,11-13H,2-4,7-8,10H2,1H3,(H2,21,22,25)/t13-/m1/s1. The van der Waals surface area contributed by atoms with Crippen molar-refractivity contribution in [1.29, 1.82) is 0 Å². The number of urea groups is 1. The van der Waals surface area contributed by atoms with E-state index >= 15 is 0 Å². The van der Waals surface area contributed by atoms with Crippen molar-refractivity contribution in [3.63, 3.8) is 0 Å². The molecule has 134 valence electrons. The maximum Gasteiger partial charge on any atom is 0.319 e. The number of halogens is 1. The molecular formula is C17H23FN6O. The van der Waals surface area contributed by atoms with Gasteiger partial charge in [-0.05, 0) is 44.4 Å². The van der Waals surface area contributed by atoms with Gasteiger partial charge in [0.2, 0.25) is 0 Å². The number of anilines is 2. The molecule has 1 aromatic heterocycles. The number of nitrogens with zero attached hydrogens (tertiary/aromatic N) is 4. The fourth-order valence-electron chi connectivity index (χ4n) is 3.05. The van der Waals surface area contributed by atoms with Gasteiger partial charge in [0.25, 0.3) is 0 Å². The molecule has 0 radical (unpaired) electrons. The van der Waals surface area contributed by atoms with Gasteiger partial charge in [-0.2, -0.15) is 5.10 Å². The van der Waals surface area contributed by atoms with Gasteiger partial charge in [0.1, 0.15) is 18.5 Å². The van der Waals surface area contributed by atoms with Crippen molar-refractivity contribution in [3.8, 4) is 0 Å². The number of hydrogen-bond donors (Lipinski definition) is 2. The summed E-state index contributed by atoms with van der Waals surface area (Å²) in [4.78, 5) is 18.4. The maximum absolute atomic E-state index is 13.7. The molecule has 2 amide bonds. The summed E-state index contributed by atoms with van der Waals surface area (Å²) in [7, 11) is 0. The van der Waals surface area contributed by atoms with Crippen LogP contribution in [0.3, 0.4) is 0 Å². The van der Waals surface area contributed by atoms with Crippen LogP contribution in [-0.4, -0.2) is 39.9 Å². The summed E-state index contributed by atoms with van der Waals surface area (Å²) in [6.07, 6.45) is 6.47. The molecule has 7 nitrogen and oxygen atoms in total. The van der Waals surface area contributed by atoms with Crippen molar-refractivity contribution >= 4 is 17.4 Å². The van der Waals surface area contributed by atoms with Gasteiger partial charge in [-0.3, -0.25) is 4.68 Å². The second-order valence-electron chi connectivity index (χ2n) is 6.33. The highest BCUT2D eigenvalue weighted by molar-refractivity contribution is 5.93. The largest absolute Gasteiger partial charge is 0.370 e. The molecule has 1 aliphatic rings. The second-order valence-corrected chi connectivity index (χ2v) is 6.33. The topological polar surface area (TPSA) is 75.1 Å². The summed E-state index contributed by atoms with van der Waals surface area (Å²) in [5, 5.41) is 9.63. The zero-order valence-corrected chi connectivity index (χ0v) is 14.3. The normalized spacial score (nSPS) is 15.7. The molecule has 3 rings (SSSR count). The Kier molecular flexibility index (Phi) is 5.47. The van der Waals surface area contributed by atoms with E-state index < -0.39 is 0 Å². The van der Waals surface area contributed by atoms with Gasteiger partial charge in [-0.15, -0.1) is 0 Å². The minimum Gasteiger partial charge on any atom is -0.370 e. The van der Waals surface area contributed by atoms with Crippen LogP contribution in [0.1, 0.15) is 26.2 Å². The summed E-state index contributed by atoms with van der Waals surface area (Å²) in [5.74, 6) is -0.369. The van der Waals surface area contributed by atoms with Crippen molar-refractivity contribution < 1.29 is 9.18 Å². The number of benzene rings is 1. The summed E-state index contributed by atoms with van der Waals surface area (Å²) >= 11 is 0. The van der Waals surface area contributed by atoms with Gasteiger partial charge in [-0.1, -0.05) is 0 Å². The number of carbonyl (C=O) groups is 1. The van der Waals surface area contributed by atoms with E-state index in [1.165, 1.54) is 24.9 Å². The van der Waals surface area contributed by atoms with E-state index in [4.69, 9.17) is 0 Å². The lowest BCUT2D eigenvalue weighted by Gasteiger charge is -2.30. The number of nitrogens with one attached hydrogen (secondary N) is 2. The molecule has 2 aromatic rings. The zero-order valence-electron chi connectivity index (χ0n) is 14.3. The van der Waals surface area contributed by atoms with Crippen LogP contribution in [0.4, 0.5) is 20.6 Å². The molecule has 0 aliphatic carbocycles. The van der Waals surface area contributed by atoms with E-state index in [1.807, 2.05) is 6.92 Å². The van der Waals surface area contributed by atoms with Gasteiger partial charge < -0.3 is 15.5 Å². The van der Waals surface area contributed by atoms with Crippen LogP contribution >= 0.6 is 0 Å². The Labute approximate surface area is 146 Å². The fourth-order valence-corrected chi connectivity index (χ4v) is 3.05. The monoisotopic (exact) mass is 346 g/mol. The molecule has 0 spiro atoms. The smallest absolute Gasteiger partial charge is 0.319 e. The van der Waals surface area contributed by atoms with E-state index in [0.29, 0.717) is 12.2 Å². The highest BCUT2D eigenvalue weighted by atomic mass is 19.1. The molecule has 1 aromatic carbocycles. The van der Waals surface area contributed by atoms with Crippen molar-refractivity contribution in [1.82, 2.24) is 20.1 Å². The third-order valence-corrected chi connectivity index (χ3v) is 4.21. The maximum atomic E-state index is 13.7. The summed E-state index contributed by atoms with van der Waals surface area (Å²) < 4.78 is 15.3. The van der Waals surface area contributed by atoms with Gasteiger partial charge in [-0.25, -0.2) is 14.2 Å². The predicted molar refractivity (Wildman–Crippen MR) is 94.1 cm³/mol. The van der Waals surface area contributed by atoms with Gasteiger partial charge in [0.05, 0.1) is 17.9 Å².